The van der Waals surface area contributed by atoms with E-state index in [1.807, 2.05) is 0 Å². The normalized spacial score (nSPS) is 12.5. The lowest BCUT2D eigenvalue weighted by Crippen LogP contribution is -2.41. The first-order valence-electron chi connectivity index (χ1n) is 9.51. The van der Waals surface area contributed by atoms with Crippen molar-refractivity contribution in [2.24, 2.45) is 7.05 Å². The maximum atomic E-state index is 14.7. The third-order valence-corrected chi connectivity index (χ3v) is 6.18. The zero-order valence-corrected chi connectivity index (χ0v) is 19.4. The summed E-state index contributed by atoms with van der Waals surface area (Å²) in [6, 6.07) is 5.25. The molecular weight excluding hydrogens is 502 g/mol. The summed E-state index contributed by atoms with van der Waals surface area (Å²) >= 11 is 7.08. The molecule has 1 atom stereocenters. The zero-order valence-electron chi connectivity index (χ0n) is 17.8. The highest BCUT2D eigenvalue weighted by Crippen LogP contribution is 2.39. The number of pyridine rings is 1. The van der Waals surface area contributed by atoms with Gasteiger partial charge >= 0.3 is 11.9 Å². The monoisotopic (exact) mass is 517 g/mol. The summed E-state index contributed by atoms with van der Waals surface area (Å²) in [6.45, 7) is 2.87. The first-order chi connectivity index (χ1) is 15.8. The second-order valence-electron chi connectivity index (χ2n) is 7.06. The van der Waals surface area contributed by atoms with Crippen molar-refractivity contribution in [3.63, 3.8) is 0 Å². The second-order valence-corrected chi connectivity index (χ2v) is 8.55. The number of nitrogens with zero attached hydrogens (tertiary/aromatic N) is 3. The SMILES string of the molecule is CC(=O)C(C)Oc1ncccc1Sc1cc(-n2c(=O)cc(C(F)(F)F)n(C)c2=O)c(F)cc1Cl. The van der Waals surface area contributed by atoms with Gasteiger partial charge in [0.1, 0.15) is 11.5 Å². The molecule has 0 aliphatic carbocycles. The Balaban J connectivity index is 2.12. The minimum absolute atomic E-state index is 0.0831. The molecule has 3 aromatic rings. The fraction of sp³-hybridized carbons (Fsp3) is 0.238. The number of rotatable bonds is 6. The Morgan fingerprint density at radius 1 is 1.21 bits per heavy atom. The number of halogens is 5. The Morgan fingerprint density at radius 3 is 2.50 bits per heavy atom. The average molecular weight is 518 g/mol. The van der Waals surface area contributed by atoms with Crippen LogP contribution in [0.25, 0.3) is 5.69 Å². The molecule has 13 heteroatoms. The van der Waals surface area contributed by atoms with Crippen molar-refractivity contribution in [1.82, 2.24) is 14.1 Å². The summed E-state index contributed by atoms with van der Waals surface area (Å²) in [5.41, 5.74) is -4.82. The summed E-state index contributed by atoms with van der Waals surface area (Å²) < 4.78 is 60.1. The van der Waals surface area contributed by atoms with Crippen molar-refractivity contribution in [3.05, 3.63) is 73.9 Å². The average Bonchev–Trinajstić information content (AvgIpc) is 2.74. The smallest absolute Gasteiger partial charge is 0.431 e. The van der Waals surface area contributed by atoms with Gasteiger partial charge in [-0.05, 0) is 38.1 Å². The number of ketones is 1. The van der Waals surface area contributed by atoms with Crippen LogP contribution in [0.4, 0.5) is 17.6 Å². The molecule has 180 valence electrons. The maximum absolute atomic E-state index is 14.7. The van der Waals surface area contributed by atoms with Crippen LogP contribution in [0, 0.1) is 5.82 Å². The van der Waals surface area contributed by atoms with Crippen LogP contribution in [0.2, 0.25) is 5.02 Å². The van der Waals surface area contributed by atoms with Crippen LogP contribution in [-0.4, -0.2) is 26.0 Å². The summed E-state index contributed by atoms with van der Waals surface area (Å²) in [4.78, 5) is 41.1. The molecule has 0 saturated carbocycles. The van der Waals surface area contributed by atoms with Gasteiger partial charge in [0.15, 0.2) is 11.9 Å². The van der Waals surface area contributed by atoms with Crippen LogP contribution in [0.5, 0.6) is 5.88 Å². The van der Waals surface area contributed by atoms with Gasteiger partial charge in [-0.15, -0.1) is 0 Å². The fourth-order valence-electron chi connectivity index (χ4n) is 2.80. The Morgan fingerprint density at radius 2 is 1.88 bits per heavy atom. The standard InChI is InChI=1S/C21H16ClF4N3O4S/c1-10(30)11(2)33-19-15(5-4-6-27-19)34-16-8-14(13(23)7-12(16)22)29-18(31)9-17(21(24,25)26)28(3)20(29)32/h4-9,11H,1-3H3. The van der Waals surface area contributed by atoms with E-state index in [4.69, 9.17) is 16.3 Å². The van der Waals surface area contributed by atoms with Gasteiger partial charge in [-0.3, -0.25) is 14.2 Å². The van der Waals surface area contributed by atoms with E-state index >= 15 is 0 Å². The molecule has 0 aliphatic rings. The van der Waals surface area contributed by atoms with Crippen molar-refractivity contribution in [2.75, 3.05) is 0 Å². The van der Waals surface area contributed by atoms with Gasteiger partial charge in [0.05, 0.1) is 15.6 Å². The lowest BCUT2D eigenvalue weighted by Gasteiger charge is -2.16. The summed E-state index contributed by atoms with van der Waals surface area (Å²) in [5, 5.41) is -0.0996. The van der Waals surface area contributed by atoms with Gasteiger partial charge in [-0.1, -0.05) is 23.4 Å². The van der Waals surface area contributed by atoms with Crippen molar-refractivity contribution in [1.29, 1.82) is 0 Å². The quantitative estimate of drug-likeness (QED) is 0.455. The molecule has 34 heavy (non-hydrogen) atoms. The maximum Gasteiger partial charge on any atom is 0.431 e. The number of hydrogen-bond acceptors (Lipinski definition) is 6. The number of carbonyl (C=O) groups is 1. The summed E-state index contributed by atoms with van der Waals surface area (Å²) in [7, 11) is 0.819. The number of Topliss-reactive ketones (excluding diaryl/α,β-unsaturated/α-hetero) is 1. The van der Waals surface area contributed by atoms with Crippen LogP contribution in [0.15, 0.2) is 55.9 Å². The van der Waals surface area contributed by atoms with E-state index in [0.717, 1.165) is 30.9 Å². The van der Waals surface area contributed by atoms with E-state index in [1.54, 1.807) is 12.1 Å². The summed E-state index contributed by atoms with van der Waals surface area (Å²) in [5.74, 6) is -1.26. The molecule has 0 amide bonds. The minimum atomic E-state index is -4.96. The third kappa shape index (κ3) is 5.17. The predicted octanol–water partition coefficient (Wildman–Crippen LogP) is 4.25. The van der Waals surface area contributed by atoms with E-state index in [-0.39, 0.29) is 36.8 Å². The minimum Gasteiger partial charge on any atom is -0.466 e. The first kappa shape index (κ1) is 25.5. The van der Waals surface area contributed by atoms with Crippen LogP contribution in [-0.2, 0) is 18.0 Å². The number of hydrogen-bond donors (Lipinski definition) is 0. The number of benzene rings is 1. The molecular formula is C21H16ClF4N3O4S. The fourth-order valence-corrected chi connectivity index (χ4v) is 3.96. The molecule has 1 unspecified atom stereocenters. The third-order valence-electron chi connectivity index (χ3n) is 4.67. The second kappa shape index (κ2) is 9.63. The van der Waals surface area contributed by atoms with Crippen LogP contribution in [0.1, 0.15) is 19.5 Å². The van der Waals surface area contributed by atoms with Crippen LogP contribution < -0.4 is 16.0 Å². The van der Waals surface area contributed by atoms with Crippen LogP contribution in [0.3, 0.4) is 0 Å². The molecule has 2 heterocycles. The van der Waals surface area contributed by atoms with Crippen molar-refractivity contribution >= 4 is 29.1 Å². The Kier molecular flexibility index (Phi) is 7.22. The molecule has 7 nitrogen and oxygen atoms in total. The number of aromatic nitrogens is 3. The highest BCUT2D eigenvalue weighted by Gasteiger charge is 2.35. The first-order valence-corrected chi connectivity index (χ1v) is 10.7. The van der Waals surface area contributed by atoms with Gasteiger partial charge in [-0.25, -0.2) is 18.7 Å². The molecule has 0 spiro atoms. The van der Waals surface area contributed by atoms with Crippen molar-refractivity contribution in [3.8, 4) is 11.6 Å². The van der Waals surface area contributed by atoms with Gasteiger partial charge in [0.2, 0.25) is 5.88 Å². The topological polar surface area (TPSA) is 83.2 Å². The number of alkyl halides is 3. The van der Waals surface area contributed by atoms with Gasteiger partial charge in [-0.2, -0.15) is 13.2 Å². The lowest BCUT2D eigenvalue weighted by molar-refractivity contribution is -0.144. The number of ether oxygens (including phenoxy) is 1. The molecule has 0 fully saturated rings. The molecule has 3 rings (SSSR count). The molecule has 0 N–H and O–H groups in total. The van der Waals surface area contributed by atoms with Crippen molar-refractivity contribution in [2.45, 2.75) is 35.9 Å². The van der Waals surface area contributed by atoms with E-state index in [9.17, 15) is 31.9 Å². The lowest BCUT2D eigenvalue weighted by atomic mass is 10.3. The molecule has 0 aliphatic heterocycles. The molecule has 0 radical (unpaired) electrons. The molecule has 0 bridgehead atoms. The molecule has 0 saturated heterocycles. The largest absolute Gasteiger partial charge is 0.466 e. The summed E-state index contributed by atoms with van der Waals surface area (Å²) in [6.07, 6.45) is -4.34. The highest BCUT2D eigenvalue weighted by atomic mass is 35.5. The van der Waals surface area contributed by atoms with E-state index in [0.29, 0.717) is 4.90 Å². The number of carbonyl (C=O) groups excluding carboxylic acids is 1. The van der Waals surface area contributed by atoms with E-state index < -0.39 is 40.7 Å². The Labute approximate surface area is 199 Å². The zero-order chi connectivity index (χ0) is 25.4. The van der Waals surface area contributed by atoms with Gasteiger partial charge < -0.3 is 4.74 Å². The van der Waals surface area contributed by atoms with E-state index in [2.05, 4.69) is 4.98 Å². The Bertz CT molecular complexity index is 1390. The predicted molar refractivity (Wildman–Crippen MR) is 116 cm³/mol. The van der Waals surface area contributed by atoms with Gasteiger partial charge in [0, 0.05) is 24.2 Å². The van der Waals surface area contributed by atoms with Gasteiger partial charge in [0.25, 0.3) is 5.56 Å². The highest BCUT2D eigenvalue weighted by molar-refractivity contribution is 7.99. The molecule has 1 aromatic carbocycles. The molecule has 2 aromatic heterocycles. The van der Waals surface area contributed by atoms with Crippen molar-refractivity contribution < 1.29 is 27.1 Å². The van der Waals surface area contributed by atoms with Crippen LogP contribution >= 0.6 is 23.4 Å². The Hall–Kier alpha value is -3.12. The van der Waals surface area contributed by atoms with E-state index in [1.165, 1.54) is 20.0 Å².